The van der Waals surface area contributed by atoms with Crippen LogP contribution in [0.3, 0.4) is 0 Å². The smallest absolute Gasteiger partial charge is 0.331 e. The van der Waals surface area contributed by atoms with Crippen molar-refractivity contribution in [3.8, 4) is 17.0 Å². The molecule has 5 nitrogen and oxygen atoms in total. The Morgan fingerprint density at radius 2 is 2.05 bits per heavy atom. The highest BCUT2D eigenvalue weighted by molar-refractivity contribution is 7.98. The van der Waals surface area contributed by atoms with E-state index in [1.807, 2.05) is 6.26 Å². The maximum atomic E-state index is 13.8. The summed E-state index contributed by atoms with van der Waals surface area (Å²) in [6.07, 6.45) is 1.85. The zero-order valence-corrected chi connectivity index (χ0v) is 11.5. The first kappa shape index (κ1) is 14.4. The second kappa shape index (κ2) is 5.96. The molecule has 106 valence electrons. The predicted octanol–water partition coefficient (Wildman–Crippen LogP) is 1.41. The topological polar surface area (TPSA) is 75.1 Å². The highest BCUT2D eigenvalue weighted by Gasteiger charge is 2.18. The number of aromatic amines is 1. The molecule has 0 unspecified atom stereocenters. The maximum Gasteiger partial charge on any atom is 0.331 e. The van der Waals surface area contributed by atoms with Crippen molar-refractivity contribution in [2.24, 2.45) is 0 Å². The molecule has 0 saturated carbocycles. The Bertz CT molecular complexity index is 739. The summed E-state index contributed by atoms with van der Waals surface area (Å²) >= 11 is 1.49. The van der Waals surface area contributed by atoms with Gasteiger partial charge in [-0.15, -0.1) is 0 Å². The minimum Gasteiger partial charge on any atom is -0.494 e. The number of rotatable bonds is 4. The normalized spacial score (nSPS) is 10.7. The van der Waals surface area contributed by atoms with Gasteiger partial charge in [-0.1, -0.05) is 18.2 Å². The third-order valence-electron chi connectivity index (χ3n) is 2.83. The Hall–Kier alpha value is -2.02. The largest absolute Gasteiger partial charge is 0.494 e. The van der Waals surface area contributed by atoms with Crippen LogP contribution in [0.4, 0.5) is 4.39 Å². The molecule has 0 aliphatic heterocycles. The van der Waals surface area contributed by atoms with Gasteiger partial charge < -0.3 is 5.11 Å². The molecule has 2 N–H and O–H groups in total. The highest BCUT2D eigenvalue weighted by Crippen LogP contribution is 2.26. The molecule has 2 aromatic rings. The van der Waals surface area contributed by atoms with Crippen molar-refractivity contribution in [1.29, 1.82) is 0 Å². The number of hydrogen-bond donors (Lipinski definition) is 2. The summed E-state index contributed by atoms with van der Waals surface area (Å²) in [6.45, 7) is 0.226. The Morgan fingerprint density at radius 3 is 2.70 bits per heavy atom. The van der Waals surface area contributed by atoms with Crippen LogP contribution < -0.4 is 11.2 Å². The lowest BCUT2D eigenvalue weighted by atomic mass is 10.1. The molecule has 20 heavy (non-hydrogen) atoms. The molecule has 2 rings (SSSR count). The number of benzene rings is 1. The average molecular weight is 296 g/mol. The summed E-state index contributed by atoms with van der Waals surface area (Å²) in [5, 5.41) is 10.1. The van der Waals surface area contributed by atoms with Crippen LogP contribution in [0.2, 0.25) is 0 Å². The van der Waals surface area contributed by atoms with Crippen LogP contribution in [0, 0.1) is 5.82 Å². The van der Waals surface area contributed by atoms with Gasteiger partial charge in [-0.25, -0.2) is 9.18 Å². The third kappa shape index (κ3) is 2.62. The Morgan fingerprint density at radius 1 is 1.35 bits per heavy atom. The van der Waals surface area contributed by atoms with Crippen LogP contribution in [-0.4, -0.2) is 26.7 Å². The van der Waals surface area contributed by atoms with Crippen molar-refractivity contribution < 1.29 is 9.50 Å². The van der Waals surface area contributed by atoms with Crippen LogP contribution >= 0.6 is 11.8 Å². The van der Waals surface area contributed by atoms with Crippen LogP contribution in [0.25, 0.3) is 11.1 Å². The Labute approximate surface area is 118 Å². The molecule has 0 aliphatic carbocycles. The van der Waals surface area contributed by atoms with Gasteiger partial charge in [0.2, 0.25) is 5.88 Å². The predicted molar refractivity (Wildman–Crippen MR) is 76.8 cm³/mol. The fourth-order valence-corrected chi connectivity index (χ4v) is 2.22. The molecule has 1 aromatic carbocycles. The van der Waals surface area contributed by atoms with Crippen LogP contribution in [-0.2, 0) is 6.54 Å². The molecule has 1 heterocycles. The van der Waals surface area contributed by atoms with E-state index in [9.17, 15) is 19.1 Å². The van der Waals surface area contributed by atoms with E-state index in [2.05, 4.69) is 4.98 Å². The fraction of sp³-hybridized carbons (Fsp3) is 0.231. The second-order valence-electron chi connectivity index (χ2n) is 4.08. The SMILES string of the molecule is CSCCn1c(O)c(-c2ccccc2F)c(=O)[nH]c1=O. The van der Waals surface area contributed by atoms with E-state index in [0.717, 1.165) is 4.57 Å². The van der Waals surface area contributed by atoms with Gasteiger partial charge in [0, 0.05) is 17.9 Å². The van der Waals surface area contributed by atoms with Gasteiger partial charge in [0.05, 0.1) is 0 Å². The summed E-state index contributed by atoms with van der Waals surface area (Å²) in [7, 11) is 0. The number of aromatic hydroxyl groups is 1. The molecule has 0 atom stereocenters. The zero-order valence-electron chi connectivity index (χ0n) is 10.7. The summed E-state index contributed by atoms with van der Waals surface area (Å²) in [6, 6.07) is 5.59. The average Bonchev–Trinajstić information content (AvgIpc) is 2.40. The molecule has 1 aromatic heterocycles. The Balaban J connectivity index is 2.68. The molecule has 0 radical (unpaired) electrons. The molecular formula is C13H13FN2O3S. The fourth-order valence-electron chi connectivity index (χ4n) is 1.86. The van der Waals surface area contributed by atoms with Gasteiger partial charge in [-0.05, 0) is 12.3 Å². The number of halogens is 1. The second-order valence-corrected chi connectivity index (χ2v) is 5.07. The van der Waals surface area contributed by atoms with Crippen molar-refractivity contribution in [3.63, 3.8) is 0 Å². The van der Waals surface area contributed by atoms with Gasteiger partial charge in [0.15, 0.2) is 0 Å². The monoisotopic (exact) mass is 296 g/mol. The van der Waals surface area contributed by atoms with Crippen LogP contribution in [0.15, 0.2) is 33.9 Å². The standard InChI is InChI=1S/C13H13FN2O3S/c1-20-7-6-16-12(18)10(11(17)15-13(16)19)8-4-2-3-5-9(8)14/h2-5,18H,6-7H2,1H3,(H,15,17,19). The summed E-state index contributed by atoms with van der Waals surface area (Å²) in [4.78, 5) is 25.6. The number of hydrogen-bond acceptors (Lipinski definition) is 4. The van der Waals surface area contributed by atoms with Crippen molar-refractivity contribution in [2.45, 2.75) is 6.54 Å². The Kier molecular flexibility index (Phi) is 4.29. The molecule has 0 saturated heterocycles. The molecular weight excluding hydrogens is 283 g/mol. The molecule has 0 spiro atoms. The van der Waals surface area contributed by atoms with Crippen molar-refractivity contribution in [3.05, 3.63) is 50.9 Å². The van der Waals surface area contributed by atoms with Crippen molar-refractivity contribution in [1.82, 2.24) is 9.55 Å². The minimum absolute atomic E-state index is 0.0378. The summed E-state index contributed by atoms with van der Waals surface area (Å²) < 4.78 is 14.8. The van der Waals surface area contributed by atoms with E-state index in [1.165, 1.54) is 30.0 Å². The third-order valence-corrected chi connectivity index (χ3v) is 3.42. The van der Waals surface area contributed by atoms with E-state index < -0.39 is 22.9 Å². The lowest BCUT2D eigenvalue weighted by Gasteiger charge is -2.11. The molecule has 0 amide bonds. The van der Waals surface area contributed by atoms with Gasteiger partial charge in [-0.3, -0.25) is 14.3 Å². The van der Waals surface area contributed by atoms with E-state index in [4.69, 9.17) is 0 Å². The first-order valence-electron chi connectivity index (χ1n) is 5.86. The van der Waals surface area contributed by atoms with E-state index in [-0.39, 0.29) is 17.7 Å². The first-order chi connectivity index (χ1) is 9.56. The minimum atomic E-state index is -0.807. The summed E-state index contributed by atoms with van der Waals surface area (Å²) in [5.41, 5.74) is -1.78. The number of nitrogens with one attached hydrogen (secondary N) is 1. The van der Waals surface area contributed by atoms with E-state index >= 15 is 0 Å². The van der Waals surface area contributed by atoms with E-state index in [1.54, 1.807) is 6.07 Å². The first-order valence-corrected chi connectivity index (χ1v) is 7.25. The molecule has 0 aliphatic rings. The number of aromatic nitrogens is 2. The molecule has 0 bridgehead atoms. The van der Waals surface area contributed by atoms with Gasteiger partial charge >= 0.3 is 5.69 Å². The van der Waals surface area contributed by atoms with Crippen LogP contribution in [0.1, 0.15) is 0 Å². The highest BCUT2D eigenvalue weighted by atomic mass is 32.2. The summed E-state index contributed by atoms with van der Waals surface area (Å²) in [5.74, 6) is -0.572. The maximum absolute atomic E-state index is 13.8. The lowest BCUT2D eigenvalue weighted by molar-refractivity contribution is 0.408. The van der Waals surface area contributed by atoms with Gasteiger partial charge in [0.25, 0.3) is 5.56 Å². The van der Waals surface area contributed by atoms with E-state index in [0.29, 0.717) is 5.75 Å². The van der Waals surface area contributed by atoms with Gasteiger partial charge in [0.1, 0.15) is 11.4 Å². The van der Waals surface area contributed by atoms with Crippen molar-refractivity contribution >= 4 is 11.8 Å². The lowest BCUT2D eigenvalue weighted by Crippen LogP contribution is -2.31. The number of nitrogens with zero attached hydrogens (tertiary/aromatic N) is 1. The van der Waals surface area contributed by atoms with Crippen LogP contribution in [0.5, 0.6) is 5.88 Å². The quantitative estimate of drug-likeness (QED) is 0.894. The van der Waals surface area contributed by atoms with Crippen molar-refractivity contribution in [2.75, 3.05) is 12.0 Å². The zero-order chi connectivity index (χ0) is 14.7. The molecule has 0 fully saturated rings. The molecule has 7 heteroatoms. The number of thioether (sulfide) groups is 1. The van der Waals surface area contributed by atoms with Gasteiger partial charge in [-0.2, -0.15) is 11.8 Å². The number of H-pyrrole nitrogens is 1.